The van der Waals surface area contributed by atoms with Gasteiger partial charge < -0.3 is 31.7 Å². The predicted molar refractivity (Wildman–Crippen MR) is 120 cm³/mol. The fourth-order valence-electron chi connectivity index (χ4n) is 3.35. The Labute approximate surface area is 194 Å². The van der Waals surface area contributed by atoms with Gasteiger partial charge in [-0.1, -0.05) is 41.5 Å². The van der Waals surface area contributed by atoms with Crippen molar-refractivity contribution in [2.45, 2.75) is 85.0 Å². The molecule has 0 heterocycles. The molecule has 0 spiro atoms. The molecule has 0 fully saturated rings. The number of Topliss-reactive ketones (excluding diaryl/α,β-unsaturated/α-hetero) is 1. The topological polar surface area (TPSA) is 196 Å². The molecule has 0 aromatic rings. The van der Waals surface area contributed by atoms with Crippen molar-refractivity contribution < 1.29 is 39.3 Å². The van der Waals surface area contributed by atoms with E-state index in [1.54, 1.807) is 27.7 Å². The number of hydrogen-bond acceptors (Lipinski definition) is 7. The number of aliphatic hydroxyl groups excluding tert-OH is 1. The molecule has 0 aliphatic carbocycles. The molecule has 0 aromatic carbocycles. The summed E-state index contributed by atoms with van der Waals surface area (Å²) in [6, 6.07) is -3.43. The van der Waals surface area contributed by atoms with E-state index < -0.39 is 66.1 Å². The van der Waals surface area contributed by atoms with Gasteiger partial charge in [0.2, 0.25) is 5.91 Å². The first-order chi connectivity index (χ1) is 15.1. The minimum Gasteiger partial charge on any atom is -0.481 e. The van der Waals surface area contributed by atoms with Crippen LogP contribution in [0.4, 0.5) is 0 Å². The van der Waals surface area contributed by atoms with E-state index in [1.165, 1.54) is 0 Å². The number of carboxylic acid groups (broad SMARTS) is 2. The second-order valence-electron chi connectivity index (χ2n) is 9.49. The Morgan fingerprint density at radius 1 is 0.818 bits per heavy atom. The number of carboxylic acids is 2. The number of carbonyl (C=O) groups excluding carboxylic acids is 3. The summed E-state index contributed by atoms with van der Waals surface area (Å²) >= 11 is 0. The van der Waals surface area contributed by atoms with Crippen LogP contribution >= 0.6 is 0 Å². The number of amides is 2. The molecule has 11 nitrogen and oxygen atoms in total. The van der Waals surface area contributed by atoms with E-state index in [-0.39, 0.29) is 24.2 Å². The quantitative estimate of drug-likeness (QED) is 0.191. The van der Waals surface area contributed by atoms with Crippen LogP contribution in [0.25, 0.3) is 0 Å². The lowest BCUT2D eigenvalue weighted by Crippen LogP contribution is -2.54. The van der Waals surface area contributed by atoms with Crippen molar-refractivity contribution >= 4 is 29.5 Å². The summed E-state index contributed by atoms with van der Waals surface area (Å²) in [6.07, 6.45) is -2.21. The highest BCUT2D eigenvalue weighted by molar-refractivity contribution is 5.94. The standard InChI is InChI=1S/C22H39N3O8/c1-10(2)7-14(23)19(29)21(31)25-18(12(5)6)16(26)8-13(11(3)4)20(30)24-15(22(32)33)9-17(27)28/h10-15,18-19,29H,7-9,23H2,1-6H3,(H,24,30)(H,25,31)(H,27,28)(H,32,33)/t13-,14+,15-,18-,19-/m0/s1. The highest BCUT2D eigenvalue weighted by atomic mass is 16.4. The van der Waals surface area contributed by atoms with Gasteiger partial charge in [-0.15, -0.1) is 0 Å². The van der Waals surface area contributed by atoms with Gasteiger partial charge in [0.1, 0.15) is 12.1 Å². The van der Waals surface area contributed by atoms with Gasteiger partial charge in [-0.2, -0.15) is 0 Å². The van der Waals surface area contributed by atoms with Crippen LogP contribution in [0.1, 0.15) is 60.8 Å². The Kier molecular flexibility index (Phi) is 12.8. The number of nitrogens with two attached hydrogens (primary N) is 1. The highest BCUT2D eigenvalue weighted by Gasteiger charge is 2.35. The molecule has 33 heavy (non-hydrogen) atoms. The van der Waals surface area contributed by atoms with Gasteiger partial charge in [0.15, 0.2) is 5.78 Å². The number of rotatable bonds is 15. The molecule has 0 unspecified atom stereocenters. The Morgan fingerprint density at radius 2 is 1.36 bits per heavy atom. The minimum atomic E-state index is -1.63. The maximum atomic E-state index is 13.0. The molecule has 0 aromatic heterocycles. The van der Waals surface area contributed by atoms with Crippen molar-refractivity contribution in [3.8, 4) is 0 Å². The van der Waals surface area contributed by atoms with Crippen molar-refractivity contribution in [1.29, 1.82) is 0 Å². The van der Waals surface area contributed by atoms with Gasteiger partial charge in [-0.05, 0) is 24.2 Å². The zero-order chi connectivity index (χ0) is 26.0. The van der Waals surface area contributed by atoms with Crippen molar-refractivity contribution in [3.63, 3.8) is 0 Å². The summed E-state index contributed by atoms with van der Waals surface area (Å²) in [5.74, 6) is -6.43. The van der Waals surface area contributed by atoms with Gasteiger partial charge in [0, 0.05) is 18.4 Å². The maximum absolute atomic E-state index is 13.0. The van der Waals surface area contributed by atoms with Crippen LogP contribution in [0.15, 0.2) is 0 Å². The summed E-state index contributed by atoms with van der Waals surface area (Å²) < 4.78 is 0. The van der Waals surface area contributed by atoms with E-state index in [0.717, 1.165) is 0 Å². The predicted octanol–water partition coefficient (Wildman–Crippen LogP) is 0.137. The maximum Gasteiger partial charge on any atom is 0.326 e. The number of aliphatic carboxylic acids is 2. The molecule has 7 N–H and O–H groups in total. The van der Waals surface area contributed by atoms with Crippen LogP contribution < -0.4 is 16.4 Å². The molecule has 0 rings (SSSR count). The lowest BCUT2D eigenvalue weighted by Gasteiger charge is -2.28. The third kappa shape index (κ3) is 10.8. The molecule has 0 saturated heterocycles. The highest BCUT2D eigenvalue weighted by Crippen LogP contribution is 2.20. The fourth-order valence-corrected chi connectivity index (χ4v) is 3.35. The van der Waals surface area contributed by atoms with Gasteiger partial charge >= 0.3 is 11.9 Å². The SMILES string of the molecule is CC(C)C[C@@H](N)[C@H](O)C(=O)N[C@H](C(=O)C[C@H](C(=O)N[C@@H](CC(=O)O)C(=O)O)C(C)C)C(C)C. The monoisotopic (exact) mass is 473 g/mol. The van der Waals surface area contributed by atoms with Crippen LogP contribution in [0.2, 0.25) is 0 Å². The first kappa shape index (κ1) is 30.5. The van der Waals surface area contributed by atoms with Crippen LogP contribution in [0, 0.1) is 23.7 Å². The molecule has 5 atom stereocenters. The van der Waals surface area contributed by atoms with E-state index in [0.29, 0.717) is 6.42 Å². The Balaban J connectivity index is 5.41. The van der Waals surface area contributed by atoms with Crippen molar-refractivity contribution in [1.82, 2.24) is 10.6 Å². The van der Waals surface area contributed by atoms with Crippen molar-refractivity contribution in [2.24, 2.45) is 29.4 Å². The number of aliphatic hydroxyl groups is 1. The fraction of sp³-hybridized carbons (Fsp3) is 0.773. The Hall–Kier alpha value is -2.53. The molecule has 2 amide bonds. The third-order valence-corrected chi connectivity index (χ3v) is 5.28. The first-order valence-corrected chi connectivity index (χ1v) is 11.1. The second kappa shape index (κ2) is 13.9. The number of hydrogen-bond donors (Lipinski definition) is 6. The summed E-state index contributed by atoms with van der Waals surface area (Å²) in [5.41, 5.74) is 5.87. The minimum absolute atomic E-state index is 0.158. The Morgan fingerprint density at radius 3 is 1.76 bits per heavy atom. The summed E-state index contributed by atoms with van der Waals surface area (Å²) in [6.45, 7) is 10.5. The summed E-state index contributed by atoms with van der Waals surface area (Å²) in [7, 11) is 0. The zero-order valence-electron chi connectivity index (χ0n) is 20.2. The normalized spacial score (nSPS) is 16.1. The Bertz CT molecular complexity index is 708. The van der Waals surface area contributed by atoms with E-state index >= 15 is 0 Å². The molecule has 0 saturated carbocycles. The molecular formula is C22H39N3O8. The second-order valence-corrected chi connectivity index (χ2v) is 9.49. The van der Waals surface area contributed by atoms with Gasteiger partial charge in [0.05, 0.1) is 12.5 Å². The van der Waals surface area contributed by atoms with Gasteiger partial charge in [-0.3, -0.25) is 19.2 Å². The smallest absolute Gasteiger partial charge is 0.326 e. The third-order valence-electron chi connectivity index (χ3n) is 5.28. The first-order valence-electron chi connectivity index (χ1n) is 11.1. The molecule has 0 aliphatic heterocycles. The van der Waals surface area contributed by atoms with E-state index in [2.05, 4.69) is 10.6 Å². The van der Waals surface area contributed by atoms with Crippen LogP contribution in [0.3, 0.4) is 0 Å². The van der Waals surface area contributed by atoms with Crippen LogP contribution in [-0.2, 0) is 24.0 Å². The van der Waals surface area contributed by atoms with E-state index in [4.69, 9.17) is 15.9 Å². The van der Waals surface area contributed by atoms with Gasteiger partial charge in [0.25, 0.3) is 5.91 Å². The number of carbonyl (C=O) groups is 5. The average Bonchev–Trinajstić information content (AvgIpc) is 2.66. The van der Waals surface area contributed by atoms with E-state index in [9.17, 15) is 29.1 Å². The molecule has 0 bridgehead atoms. The number of nitrogens with one attached hydrogen (secondary N) is 2. The molecule has 11 heteroatoms. The molecule has 0 radical (unpaired) electrons. The summed E-state index contributed by atoms with van der Waals surface area (Å²) in [4.78, 5) is 60.3. The summed E-state index contributed by atoms with van der Waals surface area (Å²) in [5, 5.41) is 32.9. The molecular weight excluding hydrogens is 434 g/mol. The zero-order valence-corrected chi connectivity index (χ0v) is 20.2. The number of ketones is 1. The largest absolute Gasteiger partial charge is 0.481 e. The molecule has 190 valence electrons. The van der Waals surface area contributed by atoms with Crippen molar-refractivity contribution in [3.05, 3.63) is 0 Å². The van der Waals surface area contributed by atoms with Crippen molar-refractivity contribution in [2.75, 3.05) is 0 Å². The molecule has 0 aliphatic rings. The van der Waals surface area contributed by atoms with Gasteiger partial charge in [-0.25, -0.2) is 4.79 Å². The van der Waals surface area contributed by atoms with Crippen LogP contribution in [-0.4, -0.2) is 69.1 Å². The lowest BCUT2D eigenvalue weighted by molar-refractivity contribution is -0.148. The average molecular weight is 474 g/mol. The van der Waals surface area contributed by atoms with E-state index in [1.807, 2.05) is 13.8 Å². The lowest BCUT2D eigenvalue weighted by atomic mass is 9.85. The van der Waals surface area contributed by atoms with Crippen LogP contribution in [0.5, 0.6) is 0 Å².